The molecule has 0 bridgehead atoms. The highest BCUT2D eigenvalue weighted by molar-refractivity contribution is 14.1. The second-order valence-corrected chi connectivity index (χ2v) is 8.43. The molecule has 0 N–H and O–H groups in total. The van der Waals surface area contributed by atoms with Crippen LogP contribution in [0.4, 0.5) is 0 Å². The first kappa shape index (κ1) is 23.0. The third kappa shape index (κ3) is 5.71. The van der Waals surface area contributed by atoms with Gasteiger partial charge < -0.3 is 9.47 Å². The number of nitrogens with zero attached hydrogens (tertiary/aromatic N) is 2. The molecule has 0 fully saturated rings. The summed E-state index contributed by atoms with van der Waals surface area (Å²) in [5.74, 6) is 1.11. The Morgan fingerprint density at radius 3 is 2.58 bits per heavy atom. The van der Waals surface area contributed by atoms with Crippen molar-refractivity contribution in [2.24, 2.45) is 0 Å². The number of rotatable bonds is 6. The van der Waals surface area contributed by atoms with Crippen molar-refractivity contribution < 1.29 is 9.47 Å². The van der Waals surface area contributed by atoms with Crippen LogP contribution in [0.3, 0.4) is 0 Å². The summed E-state index contributed by atoms with van der Waals surface area (Å²) >= 11 is 14.3. The lowest BCUT2D eigenvalue weighted by Gasteiger charge is -2.14. The fourth-order valence-corrected chi connectivity index (χ4v) is 4.10. The van der Waals surface area contributed by atoms with Gasteiger partial charge in [-0.25, -0.2) is 0 Å². The monoisotopic (exact) mass is 560 g/mol. The van der Waals surface area contributed by atoms with Crippen LogP contribution < -0.4 is 9.47 Å². The largest absolute Gasteiger partial charge is 0.493 e. The van der Waals surface area contributed by atoms with Gasteiger partial charge in [0.2, 0.25) is 0 Å². The van der Waals surface area contributed by atoms with Crippen molar-refractivity contribution in [3.05, 3.63) is 90.5 Å². The predicted molar refractivity (Wildman–Crippen MR) is 131 cm³/mol. The summed E-state index contributed by atoms with van der Waals surface area (Å²) in [5.41, 5.74) is 3.19. The minimum absolute atomic E-state index is 0.252. The molecule has 0 spiro atoms. The number of methoxy groups -OCH3 is 1. The van der Waals surface area contributed by atoms with Gasteiger partial charge in [-0.2, -0.15) is 10.5 Å². The average molecular weight is 561 g/mol. The third-order valence-electron chi connectivity index (χ3n) is 4.37. The van der Waals surface area contributed by atoms with Crippen LogP contribution in [0.5, 0.6) is 11.5 Å². The van der Waals surface area contributed by atoms with Gasteiger partial charge in [0.25, 0.3) is 0 Å². The van der Waals surface area contributed by atoms with E-state index in [9.17, 15) is 5.26 Å². The molecule has 0 heterocycles. The molecule has 0 aliphatic rings. The molecule has 154 valence electrons. The number of benzene rings is 3. The molecule has 3 rings (SSSR count). The summed E-state index contributed by atoms with van der Waals surface area (Å²) in [4.78, 5) is 0. The first-order valence-corrected chi connectivity index (χ1v) is 10.8. The zero-order chi connectivity index (χ0) is 22.4. The molecule has 4 nitrogen and oxygen atoms in total. The average Bonchev–Trinajstić information content (AvgIpc) is 2.77. The van der Waals surface area contributed by atoms with Crippen molar-refractivity contribution in [1.29, 1.82) is 10.5 Å². The van der Waals surface area contributed by atoms with Crippen LogP contribution in [-0.2, 0) is 6.61 Å². The quantitative estimate of drug-likeness (QED) is 0.183. The van der Waals surface area contributed by atoms with Gasteiger partial charge in [0.05, 0.1) is 34.0 Å². The van der Waals surface area contributed by atoms with Gasteiger partial charge in [-0.15, -0.1) is 0 Å². The van der Waals surface area contributed by atoms with Crippen molar-refractivity contribution in [3.63, 3.8) is 0 Å². The van der Waals surface area contributed by atoms with Crippen LogP contribution in [0.15, 0.2) is 54.6 Å². The molecule has 0 amide bonds. The Balaban J connectivity index is 1.91. The molecule has 3 aromatic carbocycles. The van der Waals surface area contributed by atoms with E-state index in [-0.39, 0.29) is 6.61 Å². The van der Waals surface area contributed by atoms with Crippen molar-refractivity contribution in [3.8, 4) is 23.6 Å². The van der Waals surface area contributed by atoms with Gasteiger partial charge in [-0.1, -0.05) is 41.4 Å². The second-order valence-electron chi connectivity index (χ2n) is 6.42. The number of ether oxygens (including phenoxy) is 2. The van der Waals surface area contributed by atoms with Crippen molar-refractivity contribution in [2.75, 3.05) is 7.11 Å². The van der Waals surface area contributed by atoms with Crippen LogP contribution >= 0.6 is 45.8 Å². The Morgan fingerprint density at radius 1 is 1.10 bits per heavy atom. The lowest BCUT2D eigenvalue weighted by molar-refractivity contribution is 0.282. The lowest BCUT2D eigenvalue weighted by atomic mass is 10.0. The number of allylic oxidation sites excluding steroid dienone is 1. The molecule has 3 aromatic rings. The van der Waals surface area contributed by atoms with Crippen LogP contribution in [0.1, 0.15) is 22.3 Å². The van der Waals surface area contributed by atoms with Crippen molar-refractivity contribution in [1.82, 2.24) is 0 Å². The normalized spacial score (nSPS) is 10.8. The highest BCUT2D eigenvalue weighted by Crippen LogP contribution is 2.36. The Labute approximate surface area is 204 Å². The molecule has 7 heteroatoms. The molecule has 0 aliphatic carbocycles. The topological polar surface area (TPSA) is 66.0 Å². The number of hydrogen-bond donors (Lipinski definition) is 0. The molecule has 0 saturated carbocycles. The Bertz CT molecular complexity index is 1240. The fourth-order valence-electron chi connectivity index (χ4n) is 2.85. The maximum absolute atomic E-state index is 9.63. The van der Waals surface area contributed by atoms with Crippen LogP contribution in [-0.4, -0.2) is 7.11 Å². The van der Waals surface area contributed by atoms with E-state index in [4.69, 9.17) is 37.9 Å². The van der Waals surface area contributed by atoms with Crippen molar-refractivity contribution in [2.45, 2.75) is 6.61 Å². The zero-order valence-electron chi connectivity index (χ0n) is 16.3. The summed E-state index contributed by atoms with van der Waals surface area (Å²) in [5, 5.41) is 19.8. The third-order valence-corrected chi connectivity index (χ3v) is 5.76. The van der Waals surface area contributed by atoms with E-state index in [0.29, 0.717) is 38.2 Å². The summed E-state index contributed by atoms with van der Waals surface area (Å²) in [6.45, 7) is 0.252. The molecule has 0 atom stereocenters. The Kier molecular flexibility index (Phi) is 7.81. The van der Waals surface area contributed by atoms with Crippen LogP contribution in [0.2, 0.25) is 10.0 Å². The van der Waals surface area contributed by atoms with Gasteiger partial charge in [0.15, 0.2) is 11.5 Å². The zero-order valence-corrected chi connectivity index (χ0v) is 20.0. The predicted octanol–water partition coefficient (Wildman–Crippen LogP) is 7.12. The van der Waals surface area contributed by atoms with E-state index in [2.05, 4.69) is 34.7 Å². The molecular formula is C24H15Cl2IN2O2. The molecular weight excluding hydrogens is 546 g/mol. The number of hydrogen-bond acceptors (Lipinski definition) is 4. The van der Waals surface area contributed by atoms with E-state index in [0.717, 1.165) is 14.7 Å². The lowest BCUT2D eigenvalue weighted by Crippen LogP contribution is -2.01. The van der Waals surface area contributed by atoms with E-state index in [1.165, 1.54) is 0 Å². The van der Waals surface area contributed by atoms with E-state index in [1.54, 1.807) is 55.7 Å². The Morgan fingerprint density at radius 2 is 1.90 bits per heavy atom. The SMILES string of the molecule is COc1cc(/C=C(/C#N)c2cccc(C#N)c2)cc(I)c1OCc1ccc(Cl)cc1Cl. The van der Waals surface area contributed by atoms with Gasteiger partial charge in [0, 0.05) is 15.6 Å². The van der Waals surface area contributed by atoms with Crippen LogP contribution in [0, 0.1) is 26.2 Å². The maximum Gasteiger partial charge on any atom is 0.174 e. The summed E-state index contributed by atoms with van der Waals surface area (Å²) in [6.07, 6.45) is 1.75. The molecule has 0 unspecified atom stereocenters. The maximum atomic E-state index is 9.63. The first-order valence-electron chi connectivity index (χ1n) is 9.01. The molecule has 0 aromatic heterocycles. The minimum atomic E-state index is 0.252. The van der Waals surface area contributed by atoms with Gasteiger partial charge in [-0.3, -0.25) is 0 Å². The van der Waals surface area contributed by atoms with Crippen LogP contribution in [0.25, 0.3) is 11.6 Å². The van der Waals surface area contributed by atoms with E-state index in [1.807, 2.05) is 12.1 Å². The van der Waals surface area contributed by atoms with E-state index < -0.39 is 0 Å². The molecule has 0 saturated heterocycles. The molecule has 0 radical (unpaired) electrons. The van der Waals surface area contributed by atoms with Crippen molar-refractivity contribution >= 4 is 57.4 Å². The summed E-state index contributed by atoms with van der Waals surface area (Å²) < 4.78 is 12.3. The standard InChI is InChI=1S/C24H15Cl2IN2O2/c1-30-23-10-16(8-19(13-29)17-4-2-3-15(7-17)12-28)9-22(27)24(23)31-14-18-5-6-20(25)11-21(18)26/h2-11H,14H2,1H3/b19-8-. The smallest absolute Gasteiger partial charge is 0.174 e. The minimum Gasteiger partial charge on any atom is -0.493 e. The van der Waals surface area contributed by atoms with Gasteiger partial charge in [0.1, 0.15) is 6.61 Å². The highest BCUT2D eigenvalue weighted by atomic mass is 127. The summed E-state index contributed by atoms with van der Waals surface area (Å²) in [7, 11) is 1.56. The number of halogens is 3. The van der Waals surface area contributed by atoms with Gasteiger partial charge >= 0.3 is 0 Å². The second kappa shape index (κ2) is 10.5. The highest BCUT2D eigenvalue weighted by Gasteiger charge is 2.13. The van der Waals surface area contributed by atoms with E-state index >= 15 is 0 Å². The van der Waals surface area contributed by atoms with Gasteiger partial charge in [-0.05, 0) is 76.2 Å². The number of nitriles is 2. The fraction of sp³-hybridized carbons (Fsp3) is 0.0833. The Hall–Kier alpha value is -2.71. The summed E-state index contributed by atoms with van der Waals surface area (Å²) in [6, 6.07) is 20.2. The first-order chi connectivity index (χ1) is 14.9. The molecule has 0 aliphatic heterocycles. The molecule has 31 heavy (non-hydrogen) atoms.